The number of carbonyl (C=O) groups excluding carboxylic acids is 5. The van der Waals surface area contributed by atoms with E-state index in [0.29, 0.717) is 27.8 Å². The molecule has 0 aliphatic heterocycles. The number of rotatable bonds is 11. The van der Waals surface area contributed by atoms with Gasteiger partial charge >= 0.3 is 6.09 Å². The zero-order chi connectivity index (χ0) is 35.5. The first-order valence-electron chi connectivity index (χ1n) is 15.7. The van der Waals surface area contributed by atoms with Crippen molar-refractivity contribution in [3.63, 3.8) is 0 Å². The molecule has 1 heterocycles. The number of nitrogens with one attached hydrogen (secondary N) is 3. The Labute approximate surface area is 287 Å². The first-order chi connectivity index (χ1) is 23.2. The van der Waals surface area contributed by atoms with Gasteiger partial charge in [-0.2, -0.15) is 0 Å². The number of benzene rings is 3. The van der Waals surface area contributed by atoms with Gasteiger partial charge in [-0.15, -0.1) is 0 Å². The lowest BCUT2D eigenvalue weighted by Gasteiger charge is -2.22. The van der Waals surface area contributed by atoms with Gasteiger partial charge < -0.3 is 24.8 Å². The minimum absolute atomic E-state index is 0.0422. The third kappa shape index (κ3) is 9.02. The summed E-state index contributed by atoms with van der Waals surface area (Å²) in [5.41, 5.74) is 1.59. The molecule has 1 aliphatic carbocycles. The molecule has 1 aromatic heterocycles. The average Bonchev–Trinajstić information content (AvgIpc) is 3.81. The van der Waals surface area contributed by atoms with Crippen LogP contribution in [-0.4, -0.2) is 57.3 Å². The van der Waals surface area contributed by atoms with E-state index < -0.39 is 29.3 Å². The second-order valence-electron chi connectivity index (χ2n) is 12.9. The summed E-state index contributed by atoms with van der Waals surface area (Å²) in [5, 5.41) is 8.59. The Kier molecular flexibility index (Phi) is 10.4. The van der Waals surface area contributed by atoms with Crippen LogP contribution in [0.1, 0.15) is 66.8 Å². The van der Waals surface area contributed by atoms with E-state index in [-0.39, 0.29) is 53.5 Å². The van der Waals surface area contributed by atoms with E-state index in [2.05, 4.69) is 16.0 Å². The summed E-state index contributed by atoms with van der Waals surface area (Å²) >= 11 is 5.84. The number of ketones is 1. The maximum Gasteiger partial charge on any atom is 0.412 e. The number of aromatic nitrogens is 1. The minimum Gasteiger partial charge on any atom is -0.444 e. The van der Waals surface area contributed by atoms with Crippen LogP contribution in [-0.2, 0) is 27.4 Å². The molecule has 1 fully saturated rings. The lowest BCUT2D eigenvalue weighted by Crippen LogP contribution is -2.43. The summed E-state index contributed by atoms with van der Waals surface area (Å²) in [6.07, 6.45) is 2.46. The number of carbonyl (C=O) groups is 5. The van der Waals surface area contributed by atoms with Gasteiger partial charge in [0.25, 0.3) is 5.91 Å². The Morgan fingerprint density at radius 1 is 0.980 bits per heavy atom. The van der Waals surface area contributed by atoms with Crippen molar-refractivity contribution in [3.8, 4) is 0 Å². The smallest absolute Gasteiger partial charge is 0.412 e. The largest absolute Gasteiger partial charge is 0.444 e. The summed E-state index contributed by atoms with van der Waals surface area (Å²) in [7, 11) is 0. The van der Waals surface area contributed by atoms with E-state index in [1.54, 1.807) is 74.0 Å². The predicted molar refractivity (Wildman–Crippen MR) is 184 cm³/mol. The van der Waals surface area contributed by atoms with Crippen molar-refractivity contribution >= 4 is 63.5 Å². The molecule has 3 aromatic carbocycles. The highest BCUT2D eigenvalue weighted by molar-refractivity contribution is 6.30. The van der Waals surface area contributed by atoms with Gasteiger partial charge in [0.15, 0.2) is 5.78 Å². The summed E-state index contributed by atoms with van der Waals surface area (Å²) in [4.78, 5) is 65.8. The molecule has 1 saturated carbocycles. The highest BCUT2D eigenvalue weighted by Gasteiger charge is 2.34. The van der Waals surface area contributed by atoms with Crippen LogP contribution in [0.25, 0.3) is 10.9 Å². The fourth-order valence-electron chi connectivity index (χ4n) is 5.28. The number of Topliss-reactive ketones (excluding diaryl/α,β-unsaturated/α-hetero) is 1. The number of amides is 4. The molecule has 0 unspecified atom stereocenters. The molecular formula is C36H37ClFN5O6. The van der Waals surface area contributed by atoms with Crippen molar-refractivity contribution in [2.24, 2.45) is 0 Å². The Bertz CT molecular complexity index is 1950. The van der Waals surface area contributed by atoms with Crippen molar-refractivity contribution < 1.29 is 33.1 Å². The van der Waals surface area contributed by atoms with Gasteiger partial charge in [0.2, 0.25) is 11.8 Å². The second kappa shape index (κ2) is 14.5. The molecule has 0 atom stereocenters. The number of hydrogen-bond acceptors (Lipinski definition) is 6. The summed E-state index contributed by atoms with van der Waals surface area (Å²) in [6, 6.07) is 15.9. The van der Waals surface area contributed by atoms with Crippen LogP contribution < -0.4 is 16.0 Å². The summed E-state index contributed by atoms with van der Waals surface area (Å²) < 4.78 is 21.2. The van der Waals surface area contributed by atoms with Crippen LogP contribution in [0.5, 0.6) is 0 Å². The Hall–Kier alpha value is -5.23. The first-order valence-corrected chi connectivity index (χ1v) is 16.1. The topological polar surface area (TPSA) is 139 Å². The molecule has 256 valence electrons. The summed E-state index contributed by atoms with van der Waals surface area (Å²) in [5.74, 6) is -2.02. The van der Waals surface area contributed by atoms with Gasteiger partial charge in [0, 0.05) is 57.8 Å². The van der Waals surface area contributed by atoms with Gasteiger partial charge in [-0.3, -0.25) is 24.5 Å². The van der Waals surface area contributed by atoms with E-state index >= 15 is 0 Å². The van der Waals surface area contributed by atoms with Crippen molar-refractivity contribution in [2.75, 3.05) is 17.2 Å². The standard InChI is InChI=1S/C36H37ClFN5O6/c1-21(44)28-18-42(20-32(46)43(26-12-13-26)19-31(45)39-17-23-8-6-10-29(37)33(23)38)30-14-11-25(16-27(28)30)40-34(47)22-7-5-9-24(15-22)41-35(48)49-36(2,3)4/h5-11,14-16,18,26H,12-13,17,19-20H2,1-4H3,(H,39,45)(H,40,47)(H,41,48). The van der Waals surface area contributed by atoms with Crippen LogP contribution in [0, 0.1) is 5.82 Å². The third-order valence-electron chi connectivity index (χ3n) is 7.72. The van der Waals surface area contributed by atoms with E-state index in [1.807, 2.05) is 0 Å². The van der Waals surface area contributed by atoms with Gasteiger partial charge in [-0.25, -0.2) is 9.18 Å². The quantitative estimate of drug-likeness (QED) is 0.153. The molecule has 11 nitrogen and oxygen atoms in total. The number of fused-ring (bicyclic) bond motifs is 1. The highest BCUT2D eigenvalue weighted by atomic mass is 35.5. The molecule has 0 radical (unpaired) electrons. The fraction of sp³-hybridized carbons (Fsp3) is 0.306. The van der Waals surface area contributed by atoms with Crippen molar-refractivity contribution in [1.82, 2.24) is 14.8 Å². The monoisotopic (exact) mass is 689 g/mol. The maximum atomic E-state index is 14.3. The molecule has 0 spiro atoms. The average molecular weight is 690 g/mol. The van der Waals surface area contributed by atoms with Crippen molar-refractivity contribution in [1.29, 1.82) is 0 Å². The molecular weight excluding hydrogens is 653 g/mol. The highest BCUT2D eigenvalue weighted by Crippen LogP contribution is 2.29. The van der Waals surface area contributed by atoms with Gasteiger partial charge in [0.1, 0.15) is 18.0 Å². The van der Waals surface area contributed by atoms with E-state index in [9.17, 15) is 28.4 Å². The molecule has 5 rings (SSSR count). The van der Waals surface area contributed by atoms with Crippen LogP contribution in [0.4, 0.5) is 20.6 Å². The van der Waals surface area contributed by atoms with Gasteiger partial charge in [-0.1, -0.05) is 29.8 Å². The number of nitrogens with zero attached hydrogens (tertiary/aromatic N) is 2. The van der Waals surface area contributed by atoms with E-state index in [4.69, 9.17) is 16.3 Å². The van der Waals surface area contributed by atoms with Gasteiger partial charge in [0.05, 0.1) is 11.6 Å². The van der Waals surface area contributed by atoms with Crippen LogP contribution in [0.2, 0.25) is 5.02 Å². The first kappa shape index (κ1) is 35.1. The molecule has 4 aromatic rings. The number of anilines is 2. The Morgan fingerprint density at radius 3 is 2.39 bits per heavy atom. The molecule has 4 amide bonds. The van der Waals surface area contributed by atoms with Crippen LogP contribution >= 0.6 is 11.6 Å². The number of ether oxygens (including phenoxy) is 1. The molecule has 13 heteroatoms. The molecule has 0 bridgehead atoms. The number of hydrogen-bond donors (Lipinski definition) is 3. The third-order valence-corrected chi connectivity index (χ3v) is 8.02. The Balaban J connectivity index is 1.28. The van der Waals surface area contributed by atoms with Crippen molar-refractivity contribution in [2.45, 2.75) is 65.3 Å². The van der Waals surface area contributed by atoms with Crippen LogP contribution in [0.15, 0.2) is 66.9 Å². The van der Waals surface area contributed by atoms with E-state index in [1.165, 1.54) is 30.0 Å². The Morgan fingerprint density at radius 2 is 1.69 bits per heavy atom. The summed E-state index contributed by atoms with van der Waals surface area (Å²) in [6.45, 7) is 6.26. The van der Waals surface area contributed by atoms with Crippen LogP contribution in [0.3, 0.4) is 0 Å². The maximum absolute atomic E-state index is 14.3. The lowest BCUT2D eigenvalue weighted by atomic mass is 10.1. The zero-order valence-electron chi connectivity index (χ0n) is 27.6. The molecule has 3 N–H and O–H groups in total. The molecule has 49 heavy (non-hydrogen) atoms. The lowest BCUT2D eigenvalue weighted by molar-refractivity contribution is -0.137. The normalized spacial score (nSPS) is 12.7. The fourth-order valence-corrected chi connectivity index (χ4v) is 5.48. The molecule has 0 saturated heterocycles. The number of halogens is 2. The van der Waals surface area contributed by atoms with Gasteiger partial charge in [-0.05, 0) is 83.0 Å². The zero-order valence-corrected chi connectivity index (χ0v) is 28.3. The van der Waals surface area contributed by atoms with Crippen molar-refractivity contribution in [3.05, 3.63) is 94.4 Å². The second-order valence-corrected chi connectivity index (χ2v) is 13.3. The minimum atomic E-state index is -0.683. The SMILES string of the molecule is CC(=O)c1cn(CC(=O)N(CC(=O)NCc2cccc(Cl)c2F)C2CC2)c2ccc(NC(=O)c3cccc(NC(=O)OC(C)(C)C)c3)cc12. The van der Waals surface area contributed by atoms with E-state index in [0.717, 1.165) is 12.8 Å². The molecule has 1 aliphatic rings. The predicted octanol–water partition coefficient (Wildman–Crippen LogP) is 6.54.